The lowest BCUT2D eigenvalue weighted by Crippen LogP contribution is -2.47. The van der Waals surface area contributed by atoms with E-state index in [9.17, 15) is 19.2 Å². The van der Waals surface area contributed by atoms with Crippen molar-refractivity contribution >= 4 is 46.1 Å². The standard InChI is InChI=1S/C41H44N6O5/c1-41(2,3)52-40(51)46-35(27-12-7-5-8-13-27)38(49)43-30-19-17-26(18-20-30)33-25-29-24-31(21-22-32(29)45-33)44-37(48)34-16-11-23-47(34)39(50)36(42-4)28-14-9-6-10-15-28/h5-10,12-15,17-22,24-25,34-36,42,45H,11,16,23H2,1-4H3,(H,43,49)(H,44,48)(H,46,51)/t34-,35-,36+/m0/s1. The van der Waals surface area contributed by atoms with Crippen molar-refractivity contribution < 1.29 is 23.9 Å². The van der Waals surface area contributed by atoms with Crippen LogP contribution in [-0.2, 0) is 19.1 Å². The first kappa shape index (κ1) is 35.9. The van der Waals surface area contributed by atoms with Gasteiger partial charge in [-0.15, -0.1) is 0 Å². The summed E-state index contributed by atoms with van der Waals surface area (Å²) in [7, 11) is 1.75. The summed E-state index contributed by atoms with van der Waals surface area (Å²) in [6, 6.07) is 31.5. The van der Waals surface area contributed by atoms with E-state index in [-0.39, 0.29) is 11.8 Å². The number of carbonyl (C=O) groups is 4. The molecular weight excluding hydrogens is 656 g/mol. The van der Waals surface area contributed by atoms with Crippen LogP contribution in [0.3, 0.4) is 0 Å². The highest BCUT2D eigenvalue weighted by atomic mass is 16.6. The van der Waals surface area contributed by atoms with Gasteiger partial charge in [0.2, 0.25) is 11.8 Å². The van der Waals surface area contributed by atoms with Gasteiger partial charge in [0.05, 0.1) is 0 Å². The monoisotopic (exact) mass is 700 g/mol. The van der Waals surface area contributed by atoms with Gasteiger partial charge in [-0.1, -0.05) is 72.8 Å². The highest BCUT2D eigenvalue weighted by Gasteiger charge is 2.37. The molecule has 0 spiro atoms. The number of aromatic amines is 1. The van der Waals surface area contributed by atoms with E-state index in [1.165, 1.54) is 0 Å². The summed E-state index contributed by atoms with van der Waals surface area (Å²) < 4.78 is 5.40. The predicted molar refractivity (Wildman–Crippen MR) is 203 cm³/mol. The van der Waals surface area contributed by atoms with Crippen LogP contribution in [0.1, 0.15) is 56.8 Å². The molecule has 52 heavy (non-hydrogen) atoms. The van der Waals surface area contributed by atoms with Crippen LogP contribution in [0.2, 0.25) is 0 Å². The number of carbonyl (C=O) groups excluding carboxylic acids is 4. The molecule has 0 bridgehead atoms. The van der Waals surface area contributed by atoms with Crippen molar-refractivity contribution in [3.63, 3.8) is 0 Å². The van der Waals surface area contributed by atoms with E-state index in [1.807, 2.05) is 72.8 Å². The number of alkyl carbamates (subject to hydrolysis) is 1. The molecular formula is C41H44N6O5. The number of aromatic nitrogens is 1. The van der Waals surface area contributed by atoms with Crippen molar-refractivity contribution in [2.75, 3.05) is 24.2 Å². The van der Waals surface area contributed by atoms with Gasteiger partial charge in [-0.05, 0) is 93.7 Å². The first-order chi connectivity index (χ1) is 25.0. The van der Waals surface area contributed by atoms with E-state index < -0.39 is 35.7 Å². The molecule has 11 heteroatoms. The Hall–Kier alpha value is -5.94. The third kappa shape index (κ3) is 8.50. The predicted octanol–water partition coefficient (Wildman–Crippen LogP) is 6.93. The molecule has 0 aliphatic carbocycles. The zero-order valence-corrected chi connectivity index (χ0v) is 29.7. The topological polar surface area (TPSA) is 145 Å². The quantitative estimate of drug-likeness (QED) is 0.107. The maximum Gasteiger partial charge on any atom is 0.408 e. The third-order valence-corrected chi connectivity index (χ3v) is 8.91. The fraction of sp³-hybridized carbons (Fsp3) is 0.268. The Morgan fingerprint density at radius 1 is 0.788 bits per heavy atom. The number of likely N-dealkylation sites (tertiary alicyclic amines) is 1. The van der Waals surface area contributed by atoms with Gasteiger partial charge < -0.3 is 35.9 Å². The van der Waals surface area contributed by atoms with Gasteiger partial charge >= 0.3 is 6.09 Å². The number of nitrogens with one attached hydrogen (secondary N) is 5. The van der Waals surface area contributed by atoms with Gasteiger partial charge in [0, 0.05) is 34.5 Å². The summed E-state index contributed by atoms with van der Waals surface area (Å²) in [5, 5.41) is 12.6. The van der Waals surface area contributed by atoms with Gasteiger partial charge in [-0.3, -0.25) is 14.4 Å². The highest BCUT2D eigenvalue weighted by Crippen LogP contribution is 2.29. The van der Waals surface area contributed by atoms with Crippen molar-refractivity contribution in [2.24, 2.45) is 0 Å². The maximum absolute atomic E-state index is 13.5. The van der Waals surface area contributed by atoms with Gasteiger partial charge in [0.15, 0.2) is 0 Å². The number of nitrogens with zero attached hydrogens (tertiary/aromatic N) is 1. The molecule has 3 atom stereocenters. The van der Waals surface area contributed by atoms with Crippen molar-refractivity contribution in [3.05, 3.63) is 120 Å². The Kier molecular flexibility index (Phi) is 10.7. The SMILES string of the molecule is CN[C@@H](C(=O)N1CCC[C@H]1C(=O)Nc1ccc2[nH]c(-c3ccc(NC(=O)[C@@H](NC(=O)OC(C)(C)C)c4ccccc4)cc3)cc2c1)c1ccccc1. The number of H-pyrrole nitrogens is 1. The van der Waals surface area contributed by atoms with Crippen molar-refractivity contribution in [2.45, 2.75) is 57.3 Å². The van der Waals surface area contributed by atoms with E-state index in [2.05, 4.69) is 26.3 Å². The summed E-state index contributed by atoms with van der Waals surface area (Å²) in [6.07, 6.45) is 0.669. The van der Waals surface area contributed by atoms with E-state index in [0.717, 1.165) is 34.1 Å². The zero-order chi connectivity index (χ0) is 36.8. The number of anilines is 2. The molecule has 4 amide bonds. The zero-order valence-electron chi connectivity index (χ0n) is 29.7. The number of benzene rings is 4. The van der Waals surface area contributed by atoms with Crippen LogP contribution in [0, 0.1) is 0 Å². The van der Waals surface area contributed by atoms with Crippen LogP contribution in [-0.4, -0.2) is 58.9 Å². The lowest BCUT2D eigenvalue weighted by molar-refractivity contribution is -0.138. The molecule has 11 nitrogen and oxygen atoms in total. The molecule has 0 unspecified atom stereocenters. The fourth-order valence-electron chi connectivity index (χ4n) is 6.46. The molecule has 1 aliphatic rings. The smallest absolute Gasteiger partial charge is 0.408 e. The molecule has 1 aromatic heterocycles. The molecule has 2 heterocycles. The van der Waals surface area contributed by atoms with Crippen LogP contribution >= 0.6 is 0 Å². The number of rotatable bonds is 10. The average Bonchev–Trinajstić information content (AvgIpc) is 3.79. The molecule has 268 valence electrons. The molecule has 5 N–H and O–H groups in total. The second-order valence-corrected chi connectivity index (χ2v) is 13.9. The molecule has 1 aliphatic heterocycles. The minimum atomic E-state index is -0.962. The molecule has 0 saturated carbocycles. The average molecular weight is 701 g/mol. The number of ether oxygens (including phenoxy) is 1. The number of fused-ring (bicyclic) bond motifs is 1. The molecule has 1 fully saturated rings. The highest BCUT2D eigenvalue weighted by molar-refractivity contribution is 6.00. The van der Waals surface area contributed by atoms with E-state index in [0.29, 0.717) is 29.9 Å². The van der Waals surface area contributed by atoms with Crippen LogP contribution in [0.15, 0.2) is 109 Å². The number of hydrogen-bond donors (Lipinski definition) is 5. The van der Waals surface area contributed by atoms with Crippen molar-refractivity contribution in [3.8, 4) is 11.3 Å². The first-order valence-corrected chi connectivity index (χ1v) is 17.4. The summed E-state index contributed by atoms with van der Waals surface area (Å²) >= 11 is 0. The van der Waals surface area contributed by atoms with Crippen molar-refractivity contribution in [1.29, 1.82) is 0 Å². The summed E-state index contributed by atoms with van der Waals surface area (Å²) in [4.78, 5) is 58.1. The minimum absolute atomic E-state index is 0.115. The summed E-state index contributed by atoms with van der Waals surface area (Å²) in [5.74, 6) is -0.735. The summed E-state index contributed by atoms with van der Waals surface area (Å²) in [6.45, 7) is 5.81. The van der Waals surface area contributed by atoms with Crippen LogP contribution in [0.25, 0.3) is 22.2 Å². The molecule has 0 radical (unpaired) electrons. The third-order valence-electron chi connectivity index (χ3n) is 8.91. The Morgan fingerprint density at radius 2 is 1.42 bits per heavy atom. The Labute approximate surface area is 303 Å². The lowest BCUT2D eigenvalue weighted by atomic mass is 10.1. The van der Waals surface area contributed by atoms with Crippen molar-refractivity contribution in [1.82, 2.24) is 20.5 Å². The van der Waals surface area contributed by atoms with Crippen LogP contribution in [0.5, 0.6) is 0 Å². The number of likely N-dealkylation sites (N-methyl/N-ethyl adjacent to an activating group) is 1. The van der Waals surface area contributed by atoms with Crippen LogP contribution < -0.4 is 21.3 Å². The largest absolute Gasteiger partial charge is 0.444 e. The number of amides is 4. The minimum Gasteiger partial charge on any atom is -0.444 e. The second-order valence-electron chi connectivity index (χ2n) is 13.9. The fourth-order valence-corrected chi connectivity index (χ4v) is 6.46. The first-order valence-electron chi connectivity index (χ1n) is 17.4. The van der Waals surface area contributed by atoms with E-state index >= 15 is 0 Å². The van der Waals surface area contributed by atoms with Gasteiger partial charge in [0.1, 0.15) is 23.7 Å². The molecule has 5 aromatic rings. The van der Waals surface area contributed by atoms with E-state index in [1.54, 1.807) is 69.1 Å². The van der Waals surface area contributed by atoms with Crippen LogP contribution in [0.4, 0.5) is 16.2 Å². The van der Waals surface area contributed by atoms with Gasteiger partial charge in [-0.2, -0.15) is 0 Å². The molecule has 6 rings (SSSR count). The lowest BCUT2D eigenvalue weighted by Gasteiger charge is -2.28. The molecule has 4 aromatic carbocycles. The Morgan fingerprint density at radius 3 is 2.06 bits per heavy atom. The Balaban J connectivity index is 1.11. The van der Waals surface area contributed by atoms with E-state index in [4.69, 9.17) is 4.74 Å². The summed E-state index contributed by atoms with van der Waals surface area (Å²) in [5.41, 5.74) is 4.61. The second kappa shape index (κ2) is 15.5. The van der Waals surface area contributed by atoms with Gasteiger partial charge in [0.25, 0.3) is 5.91 Å². The molecule has 1 saturated heterocycles. The maximum atomic E-state index is 13.5. The number of hydrogen-bond acceptors (Lipinski definition) is 6. The Bertz CT molecular complexity index is 2040. The van der Waals surface area contributed by atoms with Gasteiger partial charge in [-0.25, -0.2) is 4.79 Å². The normalized spacial score (nSPS) is 15.5.